The monoisotopic (exact) mass is 372 g/mol. The molecule has 0 saturated carbocycles. The molecule has 128 valence electrons. The van der Waals surface area contributed by atoms with Crippen molar-refractivity contribution in [1.29, 1.82) is 0 Å². The number of ether oxygens (including phenoxy) is 2. The molecule has 0 radical (unpaired) electrons. The second-order valence-electron chi connectivity index (χ2n) is 5.54. The lowest BCUT2D eigenvalue weighted by Gasteiger charge is -2.26. The van der Waals surface area contributed by atoms with E-state index in [1.165, 1.54) is 11.8 Å². The third-order valence-corrected chi connectivity index (χ3v) is 5.87. The van der Waals surface area contributed by atoms with Crippen LogP contribution in [0.1, 0.15) is 0 Å². The molecule has 1 aromatic heterocycles. The van der Waals surface area contributed by atoms with E-state index in [-0.39, 0.29) is 12.0 Å². The van der Waals surface area contributed by atoms with Crippen LogP contribution >= 0.6 is 23.1 Å². The minimum Gasteiger partial charge on any atom is -0.486 e. The van der Waals surface area contributed by atoms with E-state index >= 15 is 0 Å². The van der Waals surface area contributed by atoms with Crippen molar-refractivity contribution in [2.75, 3.05) is 18.9 Å². The number of nitrogens with zero attached hydrogens (tertiary/aromatic N) is 1. The van der Waals surface area contributed by atoms with E-state index in [4.69, 9.17) is 9.47 Å². The molecule has 1 aliphatic rings. The number of hydrogen-bond acceptors (Lipinski definition) is 6. The Balaban J connectivity index is 1.25. The van der Waals surface area contributed by atoms with E-state index in [2.05, 4.69) is 10.3 Å². The summed E-state index contributed by atoms with van der Waals surface area (Å²) in [6, 6.07) is 15.5. The van der Waals surface area contributed by atoms with Crippen molar-refractivity contribution in [2.45, 2.75) is 10.4 Å². The number of para-hydroxylation sites is 3. The molecule has 0 fully saturated rings. The van der Waals surface area contributed by atoms with E-state index in [0.717, 1.165) is 26.1 Å². The number of benzene rings is 2. The molecule has 25 heavy (non-hydrogen) atoms. The minimum atomic E-state index is -0.175. The predicted molar refractivity (Wildman–Crippen MR) is 99.7 cm³/mol. The van der Waals surface area contributed by atoms with E-state index in [1.807, 2.05) is 48.5 Å². The maximum atomic E-state index is 12.1. The topological polar surface area (TPSA) is 60.5 Å². The summed E-state index contributed by atoms with van der Waals surface area (Å²) in [5.41, 5.74) is 0.974. The fraction of sp³-hybridized carbons (Fsp3) is 0.222. The van der Waals surface area contributed by atoms with Gasteiger partial charge in [-0.15, -0.1) is 11.3 Å². The molecule has 0 bridgehead atoms. The van der Waals surface area contributed by atoms with Crippen LogP contribution in [0, 0.1) is 0 Å². The first-order valence-electron chi connectivity index (χ1n) is 7.91. The van der Waals surface area contributed by atoms with Crippen LogP contribution in [-0.4, -0.2) is 35.9 Å². The first kappa shape index (κ1) is 16.2. The highest BCUT2D eigenvalue weighted by Gasteiger charge is 2.21. The van der Waals surface area contributed by atoms with Gasteiger partial charge in [-0.1, -0.05) is 36.0 Å². The van der Waals surface area contributed by atoms with Gasteiger partial charge < -0.3 is 14.8 Å². The predicted octanol–water partition coefficient (Wildman–Crippen LogP) is 3.34. The molecule has 2 aromatic carbocycles. The van der Waals surface area contributed by atoms with Gasteiger partial charge in [0.1, 0.15) is 12.7 Å². The van der Waals surface area contributed by atoms with Gasteiger partial charge >= 0.3 is 0 Å². The molecule has 4 rings (SSSR count). The maximum Gasteiger partial charge on any atom is 0.230 e. The Kier molecular flexibility index (Phi) is 4.76. The van der Waals surface area contributed by atoms with Crippen molar-refractivity contribution in [2.24, 2.45) is 0 Å². The summed E-state index contributed by atoms with van der Waals surface area (Å²) in [7, 11) is 0. The Morgan fingerprint density at radius 1 is 1.20 bits per heavy atom. The molecule has 1 aliphatic heterocycles. The van der Waals surface area contributed by atoms with Crippen molar-refractivity contribution >= 4 is 39.2 Å². The summed E-state index contributed by atoms with van der Waals surface area (Å²) >= 11 is 3.06. The minimum absolute atomic E-state index is 0.0354. The highest BCUT2D eigenvalue weighted by molar-refractivity contribution is 8.01. The van der Waals surface area contributed by atoms with Crippen molar-refractivity contribution in [1.82, 2.24) is 10.3 Å². The Labute approximate surface area is 153 Å². The standard InChI is InChI=1S/C18H16N2O3S2/c21-17(11-24-18-20-13-5-1-4-8-16(13)25-18)19-9-12-10-22-14-6-2-3-7-15(14)23-12/h1-8,12H,9-11H2,(H,19,21). The Hall–Kier alpha value is -2.25. The first-order valence-corrected chi connectivity index (χ1v) is 9.72. The lowest BCUT2D eigenvalue weighted by Crippen LogP contribution is -2.41. The Bertz CT molecular complexity index is 864. The number of hydrogen-bond donors (Lipinski definition) is 1. The van der Waals surface area contributed by atoms with Gasteiger partial charge in [-0.25, -0.2) is 4.98 Å². The quantitative estimate of drug-likeness (QED) is 0.696. The fourth-order valence-corrected chi connectivity index (χ4v) is 4.38. The molecule has 5 nitrogen and oxygen atoms in total. The molecule has 3 aromatic rings. The van der Waals surface area contributed by atoms with Crippen LogP contribution in [0.25, 0.3) is 10.2 Å². The van der Waals surface area contributed by atoms with Crippen molar-refractivity contribution in [3.63, 3.8) is 0 Å². The first-order chi connectivity index (χ1) is 12.3. The van der Waals surface area contributed by atoms with Crippen LogP contribution in [0.3, 0.4) is 0 Å². The van der Waals surface area contributed by atoms with Gasteiger partial charge in [0.05, 0.1) is 22.5 Å². The molecule has 2 heterocycles. The van der Waals surface area contributed by atoms with Gasteiger partial charge in [-0.2, -0.15) is 0 Å². The number of nitrogens with one attached hydrogen (secondary N) is 1. The molecule has 1 N–H and O–H groups in total. The molecule has 1 atom stereocenters. The summed E-state index contributed by atoms with van der Waals surface area (Å²) in [6.45, 7) is 0.857. The zero-order valence-electron chi connectivity index (χ0n) is 13.3. The lowest BCUT2D eigenvalue weighted by atomic mass is 10.2. The van der Waals surface area contributed by atoms with E-state index in [0.29, 0.717) is 18.9 Å². The molecule has 0 saturated heterocycles. The normalized spacial score (nSPS) is 15.9. The molecular formula is C18H16N2O3S2. The SMILES string of the molecule is O=C(CSc1nc2ccccc2s1)NCC1COc2ccccc2O1. The third-order valence-electron chi connectivity index (χ3n) is 3.70. The average molecular weight is 372 g/mol. The van der Waals surface area contributed by atoms with Crippen LogP contribution < -0.4 is 14.8 Å². The van der Waals surface area contributed by atoms with Crippen molar-refractivity contribution < 1.29 is 14.3 Å². The number of carbonyl (C=O) groups is 1. The Morgan fingerprint density at radius 3 is 2.88 bits per heavy atom. The van der Waals surface area contributed by atoms with Crippen LogP contribution in [-0.2, 0) is 4.79 Å². The molecule has 1 amide bonds. The van der Waals surface area contributed by atoms with Gasteiger partial charge in [0.15, 0.2) is 15.8 Å². The summed E-state index contributed by atoms with van der Waals surface area (Å²) in [6.07, 6.45) is -0.175. The van der Waals surface area contributed by atoms with Crippen molar-refractivity contribution in [3.05, 3.63) is 48.5 Å². The van der Waals surface area contributed by atoms with E-state index in [1.54, 1.807) is 11.3 Å². The number of fused-ring (bicyclic) bond motifs is 2. The zero-order valence-corrected chi connectivity index (χ0v) is 14.9. The number of carbonyl (C=O) groups excluding carboxylic acids is 1. The van der Waals surface area contributed by atoms with Crippen LogP contribution in [0.2, 0.25) is 0 Å². The average Bonchev–Trinajstić information content (AvgIpc) is 3.07. The van der Waals surface area contributed by atoms with Gasteiger partial charge in [0.25, 0.3) is 0 Å². The fourth-order valence-electron chi connectivity index (χ4n) is 2.48. The van der Waals surface area contributed by atoms with Gasteiger partial charge in [-0.3, -0.25) is 4.79 Å². The Morgan fingerprint density at radius 2 is 2.00 bits per heavy atom. The molecule has 7 heteroatoms. The van der Waals surface area contributed by atoms with Gasteiger partial charge in [0.2, 0.25) is 5.91 Å². The smallest absolute Gasteiger partial charge is 0.230 e. The maximum absolute atomic E-state index is 12.1. The highest BCUT2D eigenvalue weighted by Crippen LogP contribution is 2.31. The van der Waals surface area contributed by atoms with Crippen LogP contribution in [0.4, 0.5) is 0 Å². The zero-order chi connectivity index (χ0) is 17.1. The van der Waals surface area contributed by atoms with Gasteiger partial charge in [0, 0.05) is 0 Å². The summed E-state index contributed by atoms with van der Waals surface area (Å²) in [4.78, 5) is 16.6. The molecule has 0 spiro atoms. The van der Waals surface area contributed by atoms with E-state index < -0.39 is 0 Å². The summed E-state index contributed by atoms with van der Waals surface area (Å²) in [5, 5.41) is 2.90. The number of aromatic nitrogens is 1. The summed E-state index contributed by atoms with van der Waals surface area (Å²) < 4.78 is 13.5. The molecular weight excluding hydrogens is 356 g/mol. The van der Waals surface area contributed by atoms with Crippen molar-refractivity contribution in [3.8, 4) is 11.5 Å². The molecule has 1 unspecified atom stereocenters. The van der Waals surface area contributed by atoms with Gasteiger partial charge in [-0.05, 0) is 24.3 Å². The number of thiazole rings is 1. The lowest BCUT2D eigenvalue weighted by molar-refractivity contribution is -0.119. The number of amides is 1. The second-order valence-corrected chi connectivity index (χ2v) is 7.79. The van der Waals surface area contributed by atoms with Crippen LogP contribution in [0.15, 0.2) is 52.9 Å². The van der Waals surface area contributed by atoms with E-state index in [9.17, 15) is 4.79 Å². The molecule has 0 aliphatic carbocycles. The number of thioether (sulfide) groups is 1. The second kappa shape index (κ2) is 7.33. The largest absolute Gasteiger partial charge is 0.486 e. The highest BCUT2D eigenvalue weighted by atomic mass is 32.2. The third kappa shape index (κ3) is 3.88. The summed E-state index contributed by atoms with van der Waals surface area (Å²) in [5.74, 6) is 1.77. The number of rotatable bonds is 5. The van der Waals surface area contributed by atoms with Crippen LogP contribution in [0.5, 0.6) is 11.5 Å².